The average molecular weight is 430 g/mol. The van der Waals surface area contributed by atoms with Crippen molar-refractivity contribution >= 4 is 34.6 Å². The molecule has 1 atom stereocenters. The van der Waals surface area contributed by atoms with Crippen molar-refractivity contribution < 1.29 is 14.3 Å². The Morgan fingerprint density at radius 3 is 2.73 bits per heavy atom. The molecule has 2 heterocycles. The largest absolute Gasteiger partial charge is 0.392 e. The molecule has 156 valence electrons. The SMILES string of the molecule is CNc1cnc(-c2cc(Cl)ccc2F)cc1Nc1ccncc1C(=O)NCC(C)O. The summed E-state index contributed by atoms with van der Waals surface area (Å²) in [5, 5.41) is 18.6. The number of pyridine rings is 2. The zero-order chi connectivity index (χ0) is 21.7. The summed E-state index contributed by atoms with van der Waals surface area (Å²) >= 11 is 6.01. The first-order chi connectivity index (χ1) is 14.4. The molecule has 0 aliphatic heterocycles. The van der Waals surface area contributed by atoms with Crippen LogP contribution in [0.1, 0.15) is 17.3 Å². The number of carbonyl (C=O) groups excluding carboxylic acids is 1. The summed E-state index contributed by atoms with van der Waals surface area (Å²) in [7, 11) is 1.73. The quantitative estimate of drug-likeness (QED) is 0.455. The number of rotatable bonds is 7. The highest BCUT2D eigenvalue weighted by molar-refractivity contribution is 6.30. The van der Waals surface area contributed by atoms with Gasteiger partial charge >= 0.3 is 0 Å². The number of anilines is 3. The van der Waals surface area contributed by atoms with E-state index < -0.39 is 11.9 Å². The van der Waals surface area contributed by atoms with Crippen LogP contribution in [0.5, 0.6) is 0 Å². The minimum Gasteiger partial charge on any atom is -0.392 e. The first kappa shape index (κ1) is 21.5. The molecule has 3 aromatic rings. The highest BCUT2D eigenvalue weighted by Crippen LogP contribution is 2.32. The average Bonchev–Trinajstić information content (AvgIpc) is 2.74. The summed E-state index contributed by atoms with van der Waals surface area (Å²) in [6, 6.07) is 7.57. The lowest BCUT2D eigenvalue weighted by atomic mass is 10.1. The van der Waals surface area contributed by atoms with Crippen LogP contribution in [0.15, 0.2) is 48.9 Å². The van der Waals surface area contributed by atoms with Gasteiger partial charge in [0.1, 0.15) is 5.82 Å². The molecular weight excluding hydrogens is 409 g/mol. The van der Waals surface area contributed by atoms with E-state index in [0.29, 0.717) is 33.3 Å². The molecule has 0 spiro atoms. The molecule has 0 radical (unpaired) electrons. The first-order valence-electron chi connectivity index (χ1n) is 9.19. The number of carbonyl (C=O) groups is 1. The van der Waals surface area contributed by atoms with E-state index in [0.717, 1.165) is 0 Å². The number of nitrogens with zero attached hydrogens (tertiary/aromatic N) is 2. The maximum atomic E-state index is 14.3. The molecule has 30 heavy (non-hydrogen) atoms. The van der Waals surface area contributed by atoms with Crippen molar-refractivity contribution in [2.24, 2.45) is 0 Å². The van der Waals surface area contributed by atoms with E-state index in [1.54, 1.807) is 38.5 Å². The Balaban J connectivity index is 1.97. The Morgan fingerprint density at radius 2 is 2.00 bits per heavy atom. The molecule has 4 N–H and O–H groups in total. The lowest BCUT2D eigenvalue weighted by molar-refractivity contribution is 0.0924. The number of amides is 1. The topological polar surface area (TPSA) is 99.2 Å². The third kappa shape index (κ3) is 5.03. The molecule has 9 heteroatoms. The van der Waals surface area contributed by atoms with Crippen molar-refractivity contribution in [3.8, 4) is 11.3 Å². The van der Waals surface area contributed by atoms with Crippen LogP contribution in [-0.4, -0.2) is 40.7 Å². The van der Waals surface area contributed by atoms with Crippen molar-refractivity contribution in [2.75, 3.05) is 24.2 Å². The normalized spacial score (nSPS) is 11.6. The van der Waals surface area contributed by atoms with Crippen LogP contribution in [-0.2, 0) is 0 Å². The Morgan fingerprint density at radius 1 is 1.20 bits per heavy atom. The Hall–Kier alpha value is -3.23. The van der Waals surface area contributed by atoms with Crippen molar-refractivity contribution in [3.05, 3.63) is 65.3 Å². The third-order valence-electron chi connectivity index (χ3n) is 4.27. The monoisotopic (exact) mass is 429 g/mol. The van der Waals surface area contributed by atoms with Gasteiger partial charge in [-0.25, -0.2) is 4.39 Å². The van der Waals surface area contributed by atoms with Gasteiger partial charge in [-0.15, -0.1) is 0 Å². The molecule has 1 unspecified atom stereocenters. The smallest absolute Gasteiger partial charge is 0.255 e. The van der Waals surface area contributed by atoms with E-state index >= 15 is 0 Å². The zero-order valence-electron chi connectivity index (χ0n) is 16.4. The molecule has 0 saturated carbocycles. The molecule has 7 nitrogen and oxygen atoms in total. The van der Waals surface area contributed by atoms with Gasteiger partial charge in [-0.3, -0.25) is 14.8 Å². The molecule has 0 aliphatic carbocycles. The fraction of sp³-hybridized carbons (Fsp3) is 0.190. The summed E-state index contributed by atoms with van der Waals surface area (Å²) in [5.74, 6) is -0.829. The maximum absolute atomic E-state index is 14.3. The van der Waals surface area contributed by atoms with E-state index in [2.05, 4.69) is 25.9 Å². The predicted molar refractivity (Wildman–Crippen MR) is 116 cm³/mol. The van der Waals surface area contributed by atoms with E-state index in [-0.39, 0.29) is 18.0 Å². The Labute approximate surface area is 178 Å². The molecule has 2 aromatic heterocycles. The summed E-state index contributed by atoms with van der Waals surface area (Å²) in [5.41, 5.74) is 2.66. The fourth-order valence-corrected chi connectivity index (χ4v) is 2.94. The summed E-state index contributed by atoms with van der Waals surface area (Å²) in [4.78, 5) is 20.8. The standard InChI is InChI=1S/C21H21ClFN5O2/c1-12(29)9-27-21(30)15-10-25-6-5-17(15)28-19-8-18(26-11-20(19)24-2)14-7-13(22)3-4-16(14)23/h3-8,10-12,24,29H,9H2,1-2H3,(H,27,30)(H,25,26,28). The van der Waals surface area contributed by atoms with E-state index in [1.165, 1.54) is 24.4 Å². The Kier molecular flexibility index (Phi) is 6.81. The van der Waals surface area contributed by atoms with E-state index in [9.17, 15) is 14.3 Å². The summed E-state index contributed by atoms with van der Waals surface area (Å²) in [6.45, 7) is 1.69. The number of aromatic nitrogens is 2. The van der Waals surface area contributed by atoms with Crippen molar-refractivity contribution in [3.63, 3.8) is 0 Å². The highest BCUT2D eigenvalue weighted by atomic mass is 35.5. The number of benzene rings is 1. The maximum Gasteiger partial charge on any atom is 0.255 e. The minimum absolute atomic E-state index is 0.113. The Bertz CT molecular complexity index is 1060. The third-order valence-corrected chi connectivity index (χ3v) is 4.51. The molecular formula is C21H21ClFN5O2. The molecule has 0 bridgehead atoms. The van der Waals surface area contributed by atoms with Gasteiger partial charge < -0.3 is 21.1 Å². The molecule has 1 amide bonds. The van der Waals surface area contributed by atoms with Gasteiger partial charge in [0.05, 0.1) is 40.6 Å². The van der Waals surface area contributed by atoms with Gasteiger partial charge in [0.15, 0.2) is 0 Å². The van der Waals surface area contributed by atoms with Crippen LogP contribution < -0.4 is 16.0 Å². The summed E-state index contributed by atoms with van der Waals surface area (Å²) < 4.78 is 14.3. The van der Waals surface area contributed by atoms with Crippen molar-refractivity contribution in [2.45, 2.75) is 13.0 Å². The summed E-state index contributed by atoms with van der Waals surface area (Å²) in [6.07, 6.45) is 3.86. The van der Waals surface area contributed by atoms with Gasteiger partial charge in [0, 0.05) is 36.6 Å². The van der Waals surface area contributed by atoms with Crippen molar-refractivity contribution in [1.29, 1.82) is 0 Å². The van der Waals surface area contributed by atoms with Gasteiger partial charge in [0.2, 0.25) is 0 Å². The lowest BCUT2D eigenvalue weighted by Crippen LogP contribution is -2.31. The van der Waals surface area contributed by atoms with Gasteiger partial charge in [-0.1, -0.05) is 11.6 Å². The molecule has 0 aliphatic rings. The number of halogens is 2. The second-order valence-corrected chi connectivity index (χ2v) is 7.03. The fourth-order valence-electron chi connectivity index (χ4n) is 2.76. The highest BCUT2D eigenvalue weighted by Gasteiger charge is 2.15. The van der Waals surface area contributed by atoms with Crippen LogP contribution in [0.2, 0.25) is 5.02 Å². The predicted octanol–water partition coefficient (Wildman–Crippen LogP) is 3.83. The minimum atomic E-state index is -0.673. The molecule has 3 rings (SSSR count). The van der Waals surface area contributed by atoms with Crippen LogP contribution >= 0.6 is 11.6 Å². The molecule has 0 saturated heterocycles. The van der Waals surface area contributed by atoms with Crippen LogP contribution in [0.4, 0.5) is 21.5 Å². The first-order valence-corrected chi connectivity index (χ1v) is 9.57. The van der Waals surface area contributed by atoms with Gasteiger partial charge in [-0.2, -0.15) is 0 Å². The van der Waals surface area contributed by atoms with Crippen LogP contribution in [0.3, 0.4) is 0 Å². The van der Waals surface area contributed by atoms with Crippen LogP contribution in [0.25, 0.3) is 11.3 Å². The van der Waals surface area contributed by atoms with Crippen molar-refractivity contribution in [1.82, 2.24) is 15.3 Å². The second-order valence-electron chi connectivity index (χ2n) is 6.59. The van der Waals surface area contributed by atoms with E-state index in [4.69, 9.17) is 11.6 Å². The number of hydrogen-bond donors (Lipinski definition) is 4. The van der Waals surface area contributed by atoms with E-state index in [1.807, 2.05) is 0 Å². The lowest BCUT2D eigenvalue weighted by Gasteiger charge is -2.16. The number of aliphatic hydroxyl groups excluding tert-OH is 1. The number of hydrogen-bond acceptors (Lipinski definition) is 6. The zero-order valence-corrected chi connectivity index (χ0v) is 17.2. The van der Waals surface area contributed by atoms with Crippen LogP contribution in [0, 0.1) is 5.82 Å². The number of aliphatic hydroxyl groups is 1. The second kappa shape index (κ2) is 9.51. The molecule has 1 aromatic carbocycles. The van der Waals surface area contributed by atoms with Gasteiger partial charge in [0.25, 0.3) is 5.91 Å². The molecule has 0 fully saturated rings. The van der Waals surface area contributed by atoms with Gasteiger partial charge in [-0.05, 0) is 37.3 Å². The number of nitrogens with one attached hydrogen (secondary N) is 3.